The first-order chi connectivity index (χ1) is 10.2. The van der Waals surface area contributed by atoms with Gasteiger partial charge in [0.05, 0.1) is 11.9 Å². The van der Waals surface area contributed by atoms with Crippen molar-refractivity contribution in [2.45, 2.75) is 38.1 Å². The highest BCUT2D eigenvalue weighted by Gasteiger charge is 2.27. The molecule has 2 aliphatic rings. The number of hydrogen-bond acceptors (Lipinski definition) is 4. The van der Waals surface area contributed by atoms with Crippen molar-refractivity contribution >= 4 is 23.3 Å². The van der Waals surface area contributed by atoms with E-state index in [1.165, 1.54) is 19.3 Å². The highest BCUT2D eigenvalue weighted by atomic mass is 16.2. The molecule has 1 aromatic heterocycles. The van der Waals surface area contributed by atoms with Crippen molar-refractivity contribution in [2.24, 2.45) is 0 Å². The fraction of sp³-hybridized carbons (Fsp3) is 0.533. The van der Waals surface area contributed by atoms with Gasteiger partial charge >= 0.3 is 0 Å². The van der Waals surface area contributed by atoms with Crippen LogP contribution in [0.3, 0.4) is 0 Å². The monoisotopic (exact) mass is 288 g/mol. The molecule has 1 aromatic rings. The first kappa shape index (κ1) is 13.9. The molecule has 3 heterocycles. The molecule has 0 radical (unpaired) electrons. The Morgan fingerprint density at radius 1 is 1.29 bits per heavy atom. The Bertz CT molecular complexity index is 523. The number of rotatable bonds is 3. The molecule has 0 saturated carbocycles. The summed E-state index contributed by atoms with van der Waals surface area (Å²) in [7, 11) is 0. The zero-order valence-electron chi connectivity index (χ0n) is 12.0. The highest BCUT2D eigenvalue weighted by Crippen LogP contribution is 2.20. The van der Waals surface area contributed by atoms with Crippen molar-refractivity contribution in [3.05, 3.63) is 18.3 Å². The molecule has 0 bridgehead atoms. The van der Waals surface area contributed by atoms with Crippen LogP contribution in [0, 0.1) is 0 Å². The molecule has 2 N–H and O–H groups in total. The van der Waals surface area contributed by atoms with E-state index in [2.05, 4.69) is 20.5 Å². The number of amides is 2. The number of carbonyl (C=O) groups is 2. The number of nitrogens with one attached hydrogen (secondary N) is 2. The third kappa shape index (κ3) is 3.32. The van der Waals surface area contributed by atoms with Crippen LogP contribution in [0.25, 0.3) is 0 Å². The molecule has 3 rings (SSSR count). The van der Waals surface area contributed by atoms with E-state index in [1.54, 1.807) is 6.20 Å². The van der Waals surface area contributed by atoms with E-state index in [0.717, 1.165) is 18.8 Å². The third-order valence-corrected chi connectivity index (χ3v) is 4.03. The number of aromatic nitrogens is 1. The molecule has 112 valence electrons. The maximum absolute atomic E-state index is 12.0. The van der Waals surface area contributed by atoms with Crippen molar-refractivity contribution < 1.29 is 9.59 Å². The summed E-state index contributed by atoms with van der Waals surface area (Å²) in [4.78, 5) is 29.7. The van der Waals surface area contributed by atoms with Gasteiger partial charge in [0.1, 0.15) is 11.9 Å². The minimum atomic E-state index is -0.430. The molecular formula is C15H20N4O2. The summed E-state index contributed by atoms with van der Waals surface area (Å²) >= 11 is 0. The van der Waals surface area contributed by atoms with Gasteiger partial charge in [-0.2, -0.15) is 0 Å². The van der Waals surface area contributed by atoms with E-state index in [-0.39, 0.29) is 11.8 Å². The maximum atomic E-state index is 12.0. The Kier molecular flexibility index (Phi) is 4.03. The van der Waals surface area contributed by atoms with E-state index in [4.69, 9.17) is 0 Å². The highest BCUT2D eigenvalue weighted by molar-refractivity contribution is 5.98. The van der Waals surface area contributed by atoms with Gasteiger partial charge in [-0.15, -0.1) is 0 Å². The van der Waals surface area contributed by atoms with Crippen molar-refractivity contribution in [3.63, 3.8) is 0 Å². The molecule has 2 aliphatic heterocycles. The van der Waals surface area contributed by atoms with Gasteiger partial charge in [-0.1, -0.05) is 0 Å². The van der Waals surface area contributed by atoms with Gasteiger partial charge in [-0.25, -0.2) is 4.98 Å². The number of pyridine rings is 1. The van der Waals surface area contributed by atoms with E-state index in [0.29, 0.717) is 18.7 Å². The van der Waals surface area contributed by atoms with Gasteiger partial charge in [0, 0.05) is 19.5 Å². The van der Waals surface area contributed by atoms with Crippen molar-refractivity contribution in [3.8, 4) is 0 Å². The zero-order valence-corrected chi connectivity index (χ0v) is 12.0. The summed E-state index contributed by atoms with van der Waals surface area (Å²) < 4.78 is 0. The van der Waals surface area contributed by atoms with Crippen molar-refractivity contribution in [1.82, 2.24) is 10.3 Å². The predicted molar refractivity (Wildman–Crippen MR) is 80.1 cm³/mol. The van der Waals surface area contributed by atoms with E-state index >= 15 is 0 Å². The van der Waals surface area contributed by atoms with Gasteiger partial charge in [0.25, 0.3) is 0 Å². The molecular weight excluding hydrogens is 268 g/mol. The molecule has 6 nitrogen and oxygen atoms in total. The molecule has 2 saturated heterocycles. The lowest BCUT2D eigenvalue weighted by Gasteiger charge is -2.28. The fourth-order valence-corrected chi connectivity index (χ4v) is 2.82. The van der Waals surface area contributed by atoms with Crippen LogP contribution in [0.15, 0.2) is 18.3 Å². The SMILES string of the molecule is O=C1CC[C@H](C(=O)Nc2ccc(N3CCCCC3)cn2)N1. The van der Waals surface area contributed by atoms with Gasteiger partial charge in [-0.3, -0.25) is 9.59 Å². The molecule has 0 unspecified atom stereocenters. The average molecular weight is 288 g/mol. The minimum Gasteiger partial charge on any atom is -0.370 e. The van der Waals surface area contributed by atoms with Crippen LogP contribution >= 0.6 is 0 Å². The standard InChI is InChI=1S/C15H20N4O2/c20-14-7-5-12(17-14)15(21)18-13-6-4-11(10-16-13)19-8-2-1-3-9-19/h4,6,10,12H,1-3,5,7-9H2,(H,17,20)(H,16,18,21)/t12-/m1/s1. The normalized spacial score (nSPS) is 22.0. The summed E-state index contributed by atoms with van der Waals surface area (Å²) in [6.07, 6.45) is 6.51. The summed E-state index contributed by atoms with van der Waals surface area (Å²) in [5, 5.41) is 5.40. The molecule has 2 fully saturated rings. The average Bonchev–Trinajstić information content (AvgIpc) is 2.96. The van der Waals surface area contributed by atoms with Crippen LogP contribution in [0.5, 0.6) is 0 Å². The first-order valence-corrected chi connectivity index (χ1v) is 7.53. The Morgan fingerprint density at radius 3 is 2.71 bits per heavy atom. The lowest BCUT2D eigenvalue weighted by Crippen LogP contribution is -2.37. The van der Waals surface area contributed by atoms with Crippen LogP contribution in [-0.2, 0) is 9.59 Å². The number of nitrogens with zero attached hydrogens (tertiary/aromatic N) is 2. The first-order valence-electron chi connectivity index (χ1n) is 7.53. The quantitative estimate of drug-likeness (QED) is 0.879. The molecule has 6 heteroatoms. The smallest absolute Gasteiger partial charge is 0.248 e. The number of carbonyl (C=O) groups excluding carboxylic acids is 2. The Morgan fingerprint density at radius 2 is 2.10 bits per heavy atom. The zero-order chi connectivity index (χ0) is 14.7. The van der Waals surface area contributed by atoms with E-state index < -0.39 is 6.04 Å². The molecule has 1 atom stereocenters. The third-order valence-electron chi connectivity index (χ3n) is 4.03. The summed E-state index contributed by atoms with van der Waals surface area (Å²) in [6, 6.07) is 3.38. The minimum absolute atomic E-state index is 0.0662. The van der Waals surface area contributed by atoms with Crippen LogP contribution < -0.4 is 15.5 Å². The van der Waals surface area contributed by atoms with Gasteiger partial charge < -0.3 is 15.5 Å². The molecule has 0 aromatic carbocycles. The van der Waals surface area contributed by atoms with Gasteiger partial charge in [-0.05, 0) is 37.8 Å². The Labute approximate surface area is 123 Å². The van der Waals surface area contributed by atoms with Crippen LogP contribution in [0.4, 0.5) is 11.5 Å². The number of hydrogen-bond donors (Lipinski definition) is 2. The molecule has 0 aliphatic carbocycles. The van der Waals surface area contributed by atoms with Crippen LogP contribution in [0.2, 0.25) is 0 Å². The van der Waals surface area contributed by atoms with Gasteiger partial charge in [0.2, 0.25) is 11.8 Å². The second-order valence-corrected chi connectivity index (χ2v) is 5.60. The number of piperidine rings is 1. The molecule has 21 heavy (non-hydrogen) atoms. The maximum Gasteiger partial charge on any atom is 0.248 e. The Balaban J connectivity index is 1.59. The largest absolute Gasteiger partial charge is 0.370 e. The van der Waals surface area contributed by atoms with Crippen LogP contribution in [0.1, 0.15) is 32.1 Å². The van der Waals surface area contributed by atoms with E-state index in [1.807, 2.05) is 12.1 Å². The lowest BCUT2D eigenvalue weighted by atomic mass is 10.1. The Hall–Kier alpha value is -2.11. The van der Waals surface area contributed by atoms with E-state index in [9.17, 15) is 9.59 Å². The molecule has 2 amide bonds. The second-order valence-electron chi connectivity index (χ2n) is 5.60. The predicted octanol–water partition coefficient (Wildman–Crippen LogP) is 1.29. The summed E-state index contributed by atoms with van der Waals surface area (Å²) in [5.41, 5.74) is 1.10. The lowest BCUT2D eigenvalue weighted by molar-refractivity contribution is -0.122. The second kappa shape index (κ2) is 6.11. The van der Waals surface area contributed by atoms with Crippen LogP contribution in [-0.4, -0.2) is 35.9 Å². The van der Waals surface area contributed by atoms with Crippen molar-refractivity contribution in [2.75, 3.05) is 23.3 Å². The van der Waals surface area contributed by atoms with Crippen molar-refractivity contribution in [1.29, 1.82) is 0 Å². The summed E-state index contributed by atoms with van der Waals surface area (Å²) in [6.45, 7) is 2.14. The number of anilines is 2. The summed E-state index contributed by atoms with van der Waals surface area (Å²) in [5.74, 6) is 0.268. The topological polar surface area (TPSA) is 74.3 Å². The van der Waals surface area contributed by atoms with Gasteiger partial charge in [0.15, 0.2) is 0 Å². The molecule has 0 spiro atoms. The fourth-order valence-electron chi connectivity index (χ4n) is 2.82.